The number of nitrogens with zero attached hydrogens (tertiary/aromatic N) is 2. The third kappa shape index (κ3) is 4.84. The fraction of sp³-hybridized carbons (Fsp3) is 0.812. The number of ether oxygens (including phenoxy) is 1. The Balaban J connectivity index is 1.91. The number of hydrogen-bond acceptors (Lipinski definition) is 4. The standard InChI is InChI=1S/C16H28N4O3/c1-15(2,3)23-13(22)9-18-14(17-4)20-7-5-6-16(11-20)8-12(21)19-10-16/h5-11H2,1-4H3,(H,17,18)(H,19,21). The first-order valence-corrected chi connectivity index (χ1v) is 8.17. The Labute approximate surface area is 137 Å². The van der Waals surface area contributed by atoms with Crippen molar-refractivity contribution in [1.29, 1.82) is 0 Å². The molecule has 0 aromatic carbocycles. The zero-order chi connectivity index (χ0) is 17.1. The van der Waals surface area contributed by atoms with Crippen molar-refractivity contribution in [3.05, 3.63) is 0 Å². The highest BCUT2D eigenvalue weighted by Crippen LogP contribution is 2.35. The van der Waals surface area contributed by atoms with Gasteiger partial charge in [-0.2, -0.15) is 0 Å². The molecule has 1 amide bonds. The molecular weight excluding hydrogens is 296 g/mol. The van der Waals surface area contributed by atoms with E-state index in [1.165, 1.54) is 0 Å². The van der Waals surface area contributed by atoms with Crippen LogP contribution < -0.4 is 10.6 Å². The number of esters is 1. The fourth-order valence-corrected chi connectivity index (χ4v) is 3.29. The highest BCUT2D eigenvalue weighted by molar-refractivity contribution is 5.85. The Kier molecular flexibility index (Phi) is 5.16. The van der Waals surface area contributed by atoms with Gasteiger partial charge in [0.05, 0.1) is 0 Å². The molecule has 0 saturated carbocycles. The summed E-state index contributed by atoms with van der Waals surface area (Å²) in [5, 5.41) is 6.01. The first-order valence-electron chi connectivity index (χ1n) is 8.17. The average molecular weight is 324 g/mol. The summed E-state index contributed by atoms with van der Waals surface area (Å²) in [6, 6.07) is 0. The van der Waals surface area contributed by atoms with Crippen LogP contribution in [-0.2, 0) is 14.3 Å². The quantitative estimate of drug-likeness (QED) is 0.439. The van der Waals surface area contributed by atoms with Gasteiger partial charge in [0.15, 0.2) is 5.96 Å². The number of piperidine rings is 1. The second kappa shape index (κ2) is 6.76. The lowest BCUT2D eigenvalue weighted by atomic mass is 9.79. The maximum atomic E-state index is 11.8. The number of nitrogens with one attached hydrogen (secondary N) is 2. The molecule has 2 N–H and O–H groups in total. The molecule has 0 aromatic heterocycles. The summed E-state index contributed by atoms with van der Waals surface area (Å²) >= 11 is 0. The summed E-state index contributed by atoms with van der Waals surface area (Å²) in [5.41, 5.74) is -0.494. The molecule has 7 nitrogen and oxygen atoms in total. The molecule has 2 heterocycles. The topological polar surface area (TPSA) is 83.0 Å². The molecule has 1 spiro atoms. The van der Waals surface area contributed by atoms with Crippen LogP contribution in [0.3, 0.4) is 0 Å². The number of carbonyl (C=O) groups is 2. The molecule has 0 aliphatic carbocycles. The van der Waals surface area contributed by atoms with E-state index in [1.54, 1.807) is 7.05 Å². The molecule has 1 atom stereocenters. The smallest absolute Gasteiger partial charge is 0.325 e. The molecule has 2 rings (SSSR count). The third-order valence-corrected chi connectivity index (χ3v) is 4.18. The van der Waals surface area contributed by atoms with Crippen LogP contribution >= 0.6 is 0 Å². The molecule has 2 aliphatic rings. The van der Waals surface area contributed by atoms with Gasteiger partial charge in [0.25, 0.3) is 0 Å². The van der Waals surface area contributed by atoms with E-state index in [9.17, 15) is 9.59 Å². The third-order valence-electron chi connectivity index (χ3n) is 4.18. The zero-order valence-electron chi connectivity index (χ0n) is 14.6. The Bertz CT molecular complexity index is 498. The zero-order valence-corrected chi connectivity index (χ0v) is 14.6. The van der Waals surface area contributed by atoms with E-state index in [0.717, 1.165) is 32.5 Å². The van der Waals surface area contributed by atoms with Crippen LogP contribution in [0.4, 0.5) is 0 Å². The van der Waals surface area contributed by atoms with Gasteiger partial charge in [0.1, 0.15) is 12.1 Å². The molecule has 0 radical (unpaired) electrons. The van der Waals surface area contributed by atoms with Crippen molar-refractivity contribution in [3.8, 4) is 0 Å². The number of likely N-dealkylation sites (tertiary alicyclic amines) is 1. The highest BCUT2D eigenvalue weighted by atomic mass is 16.6. The minimum absolute atomic E-state index is 0.00112. The van der Waals surface area contributed by atoms with Crippen molar-refractivity contribution >= 4 is 17.8 Å². The van der Waals surface area contributed by atoms with Crippen LogP contribution in [-0.4, -0.2) is 61.6 Å². The molecule has 0 bridgehead atoms. The van der Waals surface area contributed by atoms with Gasteiger partial charge in [0.2, 0.25) is 5.91 Å². The molecule has 2 fully saturated rings. The van der Waals surface area contributed by atoms with Gasteiger partial charge < -0.3 is 20.3 Å². The van der Waals surface area contributed by atoms with Crippen LogP contribution in [0.15, 0.2) is 4.99 Å². The number of rotatable bonds is 2. The molecular formula is C16H28N4O3. The SMILES string of the molecule is CN=C(NCC(=O)OC(C)(C)C)N1CCCC2(CNC(=O)C2)C1. The van der Waals surface area contributed by atoms with Crippen molar-refractivity contribution in [2.75, 3.05) is 33.2 Å². The van der Waals surface area contributed by atoms with E-state index >= 15 is 0 Å². The first-order chi connectivity index (χ1) is 10.7. The molecule has 2 aliphatic heterocycles. The molecule has 1 unspecified atom stereocenters. The summed E-state index contributed by atoms with van der Waals surface area (Å²) < 4.78 is 5.30. The van der Waals surface area contributed by atoms with Crippen LogP contribution in [0.1, 0.15) is 40.0 Å². The number of hydrogen-bond donors (Lipinski definition) is 2. The summed E-state index contributed by atoms with van der Waals surface area (Å²) in [4.78, 5) is 29.8. The molecule has 130 valence electrons. The predicted molar refractivity (Wildman–Crippen MR) is 88.1 cm³/mol. The van der Waals surface area contributed by atoms with Gasteiger partial charge in [-0.1, -0.05) is 0 Å². The monoisotopic (exact) mass is 324 g/mol. The van der Waals surface area contributed by atoms with Crippen LogP contribution in [0.25, 0.3) is 0 Å². The van der Waals surface area contributed by atoms with Crippen molar-refractivity contribution < 1.29 is 14.3 Å². The van der Waals surface area contributed by atoms with Crippen molar-refractivity contribution in [3.63, 3.8) is 0 Å². The van der Waals surface area contributed by atoms with Gasteiger partial charge >= 0.3 is 5.97 Å². The van der Waals surface area contributed by atoms with Crippen LogP contribution in [0, 0.1) is 5.41 Å². The maximum absolute atomic E-state index is 11.8. The molecule has 23 heavy (non-hydrogen) atoms. The van der Waals surface area contributed by atoms with E-state index in [0.29, 0.717) is 12.4 Å². The lowest BCUT2D eigenvalue weighted by molar-refractivity contribution is -0.153. The van der Waals surface area contributed by atoms with Gasteiger partial charge in [0, 0.05) is 38.5 Å². The summed E-state index contributed by atoms with van der Waals surface area (Å²) in [6.07, 6.45) is 2.64. The lowest BCUT2D eigenvalue weighted by Gasteiger charge is -2.40. The van der Waals surface area contributed by atoms with Gasteiger partial charge in [-0.05, 0) is 33.6 Å². The Hall–Kier alpha value is -1.79. The second-order valence-electron chi connectivity index (χ2n) is 7.47. The van der Waals surface area contributed by atoms with Gasteiger partial charge in [-0.25, -0.2) is 0 Å². The molecule has 7 heteroatoms. The van der Waals surface area contributed by atoms with Crippen LogP contribution in [0.5, 0.6) is 0 Å². The largest absolute Gasteiger partial charge is 0.459 e. The van der Waals surface area contributed by atoms with Gasteiger partial charge in [-0.15, -0.1) is 0 Å². The van der Waals surface area contributed by atoms with Gasteiger partial charge in [-0.3, -0.25) is 14.6 Å². The molecule has 2 saturated heterocycles. The maximum Gasteiger partial charge on any atom is 0.325 e. The highest BCUT2D eigenvalue weighted by Gasteiger charge is 2.42. The van der Waals surface area contributed by atoms with E-state index in [4.69, 9.17) is 4.74 Å². The first kappa shape index (κ1) is 17.6. The van der Waals surface area contributed by atoms with Crippen molar-refractivity contribution in [2.45, 2.75) is 45.6 Å². The number of amides is 1. The summed E-state index contributed by atoms with van der Waals surface area (Å²) in [6.45, 7) is 8.01. The van der Waals surface area contributed by atoms with Crippen LogP contribution in [0.2, 0.25) is 0 Å². The number of aliphatic imine (C=N–C) groups is 1. The van der Waals surface area contributed by atoms with E-state index < -0.39 is 5.60 Å². The predicted octanol–water partition coefficient (Wildman–Crippen LogP) is 0.506. The van der Waals surface area contributed by atoms with E-state index in [1.807, 2.05) is 20.8 Å². The number of guanidine groups is 1. The van der Waals surface area contributed by atoms with E-state index in [-0.39, 0.29) is 23.8 Å². The Morgan fingerprint density at radius 3 is 2.78 bits per heavy atom. The van der Waals surface area contributed by atoms with E-state index in [2.05, 4.69) is 20.5 Å². The Morgan fingerprint density at radius 1 is 1.48 bits per heavy atom. The summed E-state index contributed by atoms with van der Waals surface area (Å²) in [5.74, 6) is 0.515. The molecule has 0 aromatic rings. The normalized spacial score (nSPS) is 25.5. The lowest BCUT2D eigenvalue weighted by Crippen LogP contribution is -2.52. The van der Waals surface area contributed by atoms with Crippen molar-refractivity contribution in [1.82, 2.24) is 15.5 Å². The average Bonchev–Trinajstić information content (AvgIpc) is 2.78. The Morgan fingerprint density at radius 2 is 2.22 bits per heavy atom. The number of carbonyl (C=O) groups excluding carboxylic acids is 2. The minimum atomic E-state index is -0.493. The minimum Gasteiger partial charge on any atom is -0.459 e. The van der Waals surface area contributed by atoms with Crippen molar-refractivity contribution in [2.24, 2.45) is 10.4 Å². The second-order valence-corrected chi connectivity index (χ2v) is 7.47. The summed E-state index contributed by atoms with van der Waals surface area (Å²) in [7, 11) is 1.71. The fourth-order valence-electron chi connectivity index (χ4n) is 3.29.